The van der Waals surface area contributed by atoms with E-state index in [1.165, 1.54) is 16.1 Å². The highest BCUT2D eigenvalue weighted by Crippen LogP contribution is 2.33. The first-order valence-electron chi connectivity index (χ1n) is 11.0. The van der Waals surface area contributed by atoms with Gasteiger partial charge in [-0.2, -0.15) is 4.31 Å². The van der Waals surface area contributed by atoms with Gasteiger partial charge in [-0.15, -0.1) is 11.8 Å². The molecule has 0 bridgehead atoms. The SMILES string of the molecule is Cc1c(C)c(C)c(S(=O)(=O)N2CCN(C(=O)c3ccc4c(c3)NC(=O)CS4)CC2)c(C)c1C. The molecule has 0 aromatic heterocycles. The Hall–Kier alpha value is -2.36. The summed E-state index contributed by atoms with van der Waals surface area (Å²) in [6, 6.07) is 5.32. The lowest BCUT2D eigenvalue weighted by atomic mass is 9.95. The Kier molecular flexibility index (Phi) is 6.32. The molecule has 7 nitrogen and oxygen atoms in total. The van der Waals surface area contributed by atoms with E-state index >= 15 is 0 Å². The molecule has 1 N–H and O–H groups in total. The number of carbonyl (C=O) groups is 2. The molecule has 1 fully saturated rings. The van der Waals surface area contributed by atoms with E-state index in [0.29, 0.717) is 35.0 Å². The van der Waals surface area contributed by atoms with Crippen LogP contribution in [0.15, 0.2) is 28.0 Å². The van der Waals surface area contributed by atoms with Crippen molar-refractivity contribution in [2.75, 3.05) is 37.2 Å². The Labute approximate surface area is 199 Å². The number of nitrogens with zero attached hydrogens (tertiary/aromatic N) is 2. The minimum Gasteiger partial charge on any atom is -0.336 e. The Bertz CT molecular complexity index is 1230. The van der Waals surface area contributed by atoms with Gasteiger partial charge < -0.3 is 10.2 Å². The number of thioether (sulfide) groups is 1. The molecule has 0 radical (unpaired) electrons. The maximum atomic E-state index is 13.6. The summed E-state index contributed by atoms with van der Waals surface area (Å²) >= 11 is 1.45. The van der Waals surface area contributed by atoms with Gasteiger partial charge in [0.05, 0.1) is 16.3 Å². The number of piperazine rings is 1. The molecule has 2 aromatic rings. The molecule has 4 rings (SSSR count). The van der Waals surface area contributed by atoms with Gasteiger partial charge >= 0.3 is 0 Å². The summed E-state index contributed by atoms with van der Waals surface area (Å²) in [4.78, 5) is 27.8. The Morgan fingerprint density at radius 2 is 1.48 bits per heavy atom. The second kappa shape index (κ2) is 8.77. The molecule has 0 saturated carbocycles. The van der Waals surface area contributed by atoms with Crippen molar-refractivity contribution in [1.82, 2.24) is 9.21 Å². The van der Waals surface area contributed by atoms with E-state index in [9.17, 15) is 18.0 Å². The molecule has 9 heteroatoms. The lowest BCUT2D eigenvalue weighted by molar-refractivity contribution is -0.113. The summed E-state index contributed by atoms with van der Waals surface area (Å²) in [6.45, 7) is 10.8. The van der Waals surface area contributed by atoms with E-state index < -0.39 is 10.0 Å². The standard InChI is InChI=1S/C24H29N3O4S2/c1-14-15(2)17(4)23(18(5)16(14)3)33(30,31)27-10-8-26(9-11-27)24(29)19-6-7-21-20(12-19)25-22(28)13-32-21/h6-7,12H,8-11,13H2,1-5H3,(H,25,28). The van der Waals surface area contributed by atoms with Crippen molar-refractivity contribution >= 4 is 39.3 Å². The number of hydrogen-bond acceptors (Lipinski definition) is 5. The Morgan fingerprint density at radius 3 is 2.09 bits per heavy atom. The fourth-order valence-electron chi connectivity index (χ4n) is 4.51. The minimum atomic E-state index is -3.67. The predicted octanol–water partition coefficient (Wildman–Crippen LogP) is 3.42. The second-order valence-electron chi connectivity index (χ2n) is 8.70. The monoisotopic (exact) mass is 487 g/mol. The molecule has 0 aliphatic carbocycles. The van der Waals surface area contributed by atoms with Crippen LogP contribution in [0, 0.1) is 34.6 Å². The smallest absolute Gasteiger partial charge is 0.254 e. The van der Waals surface area contributed by atoms with Crippen molar-refractivity contribution in [3.8, 4) is 0 Å². The van der Waals surface area contributed by atoms with Gasteiger partial charge in [-0.25, -0.2) is 8.42 Å². The van der Waals surface area contributed by atoms with Crippen LogP contribution in [0.1, 0.15) is 38.2 Å². The lowest BCUT2D eigenvalue weighted by Gasteiger charge is -2.35. The first-order chi connectivity index (χ1) is 15.5. The van der Waals surface area contributed by atoms with Crippen molar-refractivity contribution in [2.24, 2.45) is 0 Å². The van der Waals surface area contributed by atoms with Crippen molar-refractivity contribution in [3.63, 3.8) is 0 Å². The fourth-order valence-corrected chi connectivity index (χ4v) is 7.28. The fraction of sp³-hybridized carbons (Fsp3) is 0.417. The zero-order valence-corrected chi connectivity index (χ0v) is 21.2. The quantitative estimate of drug-likeness (QED) is 0.717. The van der Waals surface area contributed by atoms with Gasteiger partial charge in [0.25, 0.3) is 5.91 Å². The van der Waals surface area contributed by atoms with Crippen LogP contribution in [0.4, 0.5) is 5.69 Å². The summed E-state index contributed by atoms with van der Waals surface area (Å²) in [6.07, 6.45) is 0. The van der Waals surface area contributed by atoms with E-state index in [1.807, 2.05) is 40.7 Å². The van der Waals surface area contributed by atoms with E-state index in [0.717, 1.165) is 32.7 Å². The number of fused-ring (bicyclic) bond motifs is 1. The molecular formula is C24H29N3O4S2. The zero-order chi connectivity index (χ0) is 24.1. The van der Waals surface area contributed by atoms with E-state index in [4.69, 9.17) is 0 Å². The molecule has 2 aromatic carbocycles. The third kappa shape index (κ3) is 4.18. The average Bonchev–Trinajstić information content (AvgIpc) is 2.80. The largest absolute Gasteiger partial charge is 0.336 e. The summed E-state index contributed by atoms with van der Waals surface area (Å²) in [5.41, 5.74) is 5.86. The summed E-state index contributed by atoms with van der Waals surface area (Å²) in [7, 11) is -3.67. The number of rotatable bonds is 3. The van der Waals surface area contributed by atoms with Gasteiger partial charge in [-0.1, -0.05) is 0 Å². The third-order valence-corrected chi connectivity index (χ3v) is 10.2. The first kappa shape index (κ1) is 23.8. The van der Waals surface area contributed by atoms with Crippen LogP contribution in [0.5, 0.6) is 0 Å². The second-order valence-corrected chi connectivity index (χ2v) is 11.6. The number of carbonyl (C=O) groups excluding carboxylic acids is 2. The Morgan fingerprint density at radius 1 is 0.909 bits per heavy atom. The molecule has 2 heterocycles. The summed E-state index contributed by atoms with van der Waals surface area (Å²) in [5.74, 6) is 0.132. The summed E-state index contributed by atoms with van der Waals surface area (Å²) < 4.78 is 28.6. The van der Waals surface area contributed by atoms with Crippen molar-refractivity contribution in [1.29, 1.82) is 0 Å². The summed E-state index contributed by atoms with van der Waals surface area (Å²) in [5, 5.41) is 2.81. The molecular weight excluding hydrogens is 458 g/mol. The van der Waals surface area contributed by atoms with Crippen LogP contribution >= 0.6 is 11.8 Å². The third-order valence-electron chi connectivity index (χ3n) is 6.91. The van der Waals surface area contributed by atoms with Crippen LogP contribution in [0.2, 0.25) is 0 Å². The van der Waals surface area contributed by atoms with Gasteiger partial charge in [0.2, 0.25) is 15.9 Å². The number of sulfonamides is 1. The van der Waals surface area contributed by atoms with Gasteiger partial charge in [0, 0.05) is 36.6 Å². The van der Waals surface area contributed by atoms with Gasteiger partial charge in [-0.3, -0.25) is 9.59 Å². The van der Waals surface area contributed by atoms with Gasteiger partial charge in [0.15, 0.2) is 0 Å². The molecule has 2 aliphatic rings. The van der Waals surface area contributed by atoms with Crippen LogP contribution < -0.4 is 5.32 Å². The van der Waals surface area contributed by atoms with Crippen LogP contribution in [-0.2, 0) is 14.8 Å². The maximum absolute atomic E-state index is 13.6. The average molecular weight is 488 g/mol. The molecule has 176 valence electrons. The molecule has 2 amide bonds. The molecule has 0 spiro atoms. The normalized spacial score (nSPS) is 17.0. The molecule has 1 saturated heterocycles. The van der Waals surface area contributed by atoms with Crippen LogP contribution in [0.25, 0.3) is 0 Å². The number of amides is 2. The molecule has 33 heavy (non-hydrogen) atoms. The van der Waals surface area contributed by atoms with Crippen LogP contribution in [-0.4, -0.2) is 61.4 Å². The topological polar surface area (TPSA) is 86.8 Å². The Balaban J connectivity index is 1.52. The highest BCUT2D eigenvalue weighted by atomic mass is 32.2. The zero-order valence-electron chi connectivity index (χ0n) is 19.6. The van der Waals surface area contributed by atoms with Crippen molar-refractivity contribution < 1.29 is 18.0 Å². The van der Waals surface area contributed by atoms with Gasteiger partial charge in [0.1, 0.15) is 0 Å². The highest BCUT2D eigenvalue weighted by Gasteiger charge is 2.33. The first-order valence-corrected chi connectivity index (χ1v) is 13.4. The van der Waals surface area contributed by atoms with E-state index in [2.05, 4.69) is 5.32 Å². The van der Waals surface area contributed by atoms with Crippen molar-refractivity contribution in [2.45, 2.75) is 44.4 Å². The van der Waals surface area contributed by atoms with Gasteiger partial charge in [-0.05, 0) is 80.6 Å². The van der Waals surface area contributed by atoms with E-state index in [1.54, 1.807) is 17.0 Å². The number of hydrogen-bond donors (Lipinski definition) is 1. The number of benzene rings is 2. The van der Waals surface area contributed by atoms with E-state index in [-0.39, 0.29) is 24.9 Å². The molecule has 0 atom stereocenters. The highest BCUT2D eigenvalue weighted by molar-refractivity contribution is 8.00. The lowest BCUT2D eigenvalue weighted by Crippen LogP contribution is -2.50. The van der Waals surface area contributed by atoms with Crippen LogP contribution in [0.3, 0.4) is 0 Å². The number of nitrogens with one attached hydrogen (secondary N) is 1. The maximum Gasteiger partial charge on any atom is 0.254 e. The number of anilines is 1. The molecule has 0 unspecified atom stereocenters. The predicted molar refractivity (Wildman–Crippen MR) is 131 cm³/mol. The molecule has 2 aliphatic heterocycles. The van der Waals surface area contributed by atoms with Crippen molar-refractivity contribution in [3.05, 3.63) is 51.6 Å². The minimum absolute atomic E-state index is 0.0805.